The molecular weight excluding hydrogens is 304 g/mol. The number of anilines is 1. The summed E-state index contributed by atoms with van der Waals surface area (Å²) in [6, 6.07) is 13.3. The topological polar surface area (TPSA) is 42.0 Å². The van der Waals surface area contributed by atoms with E-state index in [1.54, 1.807) is 12.1 Å². The number of hydrogen-bond donors (Lipinski definition) is 1. The van der Waals surface area contributed by atoms with Crippen LogP contribution in [0.2, 0.25) is 5.02 Å². The van der Waals surface area contributed by atoms with Crippen molar-refractivity contribution < 1.29 is 4.79 Å². The number of nitrogens with one attached hydrogen (secondary N) is 1. The predicted molar refractivity (Wildman–Crippen MR) is 88.1 cm³/mol. The first-order valence-electron chi connectivity index (χ1n) is 6.52. The molecule has 5 heteroatoms. The summed E-state index contributed by atoms with van der Waals surface area (Å²) < 4.78 is 1.08. The van der Waals surface area contributed by atoms with Gasteiger partial charge in [0.1, 0.15) is 0 Å². The molecule has 0 fully saturated rings. The fourth-order valence-electron chi connectivity index (χ4n) is 2.04. The molecule has 1 N–H and O–H groups in total. The van der Waals surface area contributed by atoms with Crippen LogP contribution < -0.4 is 5.32 Å². The first kappa shape index (κ1) is 14.0. The van der Waals surface area contributed by atoms with Gasteiger partial charge in [0.15, 0.2) is 5.13 Å². The van der Waals surface area contributed by atoms with E-state index in [9.17, 15) is 4.79 Å². The van der Waals surface area contributed by atoms with Crippen LogP contribution in [0.5, 0.6) is 0 Å². The molecule has 0 aliphatic carbocycles. The van der Waals surface area contributed by atoms with Crippen LogP contribution in [0.15, 0.2) is 42.5 Å². The second kappa shape index (κ2) is 5.84. The molecule has 3 nitrogen and oxygen atoms in total. The van der Waals surface area contributed by atoms with Crippen molar-refractivity contribution in [2.24, 2.45) is 0 Å². The van der Waals surface area contributed by atoms with E-state index in [0.29, 0.717) is 16.6 Å². The molecule has 0 spiro atoms. The number of carbonyl (C=O) groups excluding carboxylic acids is 1. The minimum atomic E-state index is -0.0758. The lowest BCUT2D eigenvalue weighted by atomic mass is 10.1. The molecule has 1 amide bonds. The van der Waals surface area contributed by atoms with Crippen molar-refractivity contribution in [1.82, 2.24) is 4.98 Å². The zero-order valence-electron chi connectivity index (χ0n) is 11.4. The maximum Gasteiger partial charge on any atom is 0.230 e. The summed E-state index contributed by atoms with van der Waals surface area (Å²) in [5.41, 5.74) is 3.02. The number of amides is 1. The smallest absolute Gasteiger partial charge is 0.230 e. The van der Waals surface area contributed by atoms with Gasteiger partial charge >= 0.3 is 0 Å². The Bertz CT molecular complexity index is 796. The van der Waals surface area contributed by atoms with Crippen LogP contribution in [0.4, 0.5) is 5.13 Å². The molecule has 0 atom stereocenters. The van der Waals surface area contributed by atoms with Crippen LogP contribution in [0.3, 0.4) is 0 Å². The summed E-state index contributed by atoms with van der Waals surface area (Å²) in [4.78, 5) is 16.4. The zero-order chi connectivity index (χ0) is 14.8. The van der Waals surface area contributed by atoms with Crippen molar-refractivity contribution in [3.05, 3.63) is 58.6 Å². The van der Waals surface area contributed by atoms with E-state index in [1.165, 1.54) is 16.9 Å². The normalized spacial score (nSPS) is 10.8. The van der Waals surface area contributed by atoms with Crippen LogP contribution >= 0.6 is 22.9 Å². The fourth-order valence-corrected chi connectivity index (χ4v) is 3.14. The first-order chi connectivity index (χ1) is 10.1. The van der Waals surface area contributed by atoms with Crippen LogP contribution in [-0.4, -0.2) is 10.9 Å². The Morgan fingerprint density at radius 2 is 2.00 bits per heavy atom. The van der Waals surface area contributed by atoms with Gasteiger partial charge < -0.3 is 5.32 Å². The van der Waals surface area contributed by atoms with Gasteiger partial charge in [-0.1, -0.05) is 41.1 Å². The van der Waals surface area contributed by atoms with Crippen molar-refractivity contribution in [2.45, 2.75) is 13.3 Å². The van der Waals surface area contributed by atoms with Crippen molar-refractivity contribution in [3.8, 4) is 0 Å². The maximum atomic E-state index is 12.0. The number of carbonyl (C=O) groups is 1. The molecule has 21 heavy (non-hydrogen) atoms. The molecule has 1 aromatic heterocycles. The van der Waals surface area contributed by atoms with E-state index < -0.39 is 0 Å². The number of thiazole rings is 1. The van der Waals surface area contributed by atoms with Crippen LogP contribution in [0.1, 0.15) is 11.1 Å². The Kier molecular flexibility index (Phi) is 3.90. The van der Waals surface area contributed by atoms with Crippen LogP contribution in [0.25, 0.3) is 10.2 Å². The number of benzene rings is 2. The molecule has 1 heterocycles. The van der Waals surface area contributed by atoms with Gasteiger partial charge in [-0.3, -0.25) is 4.79 Å². The van der Waals surface area contributed by atoms with Gasteiger partial charge in [0.25, 0.3) is 0 Å². The van der Waals surface area contributed by atoms with Gasteiger partial charge in [-0.15, -0.1) is 0 Å². The molecule has 0 radical (unpaired) electrons. The largest absolute Gasteiger partial charge is 0.302 e. The first-order valence-corrected chi connectivity index (χ1v) is 7.71. The molecule has 0 aliphatic heterocycles. The number of aryl methyl sites for hydroxylation is 1. The number of rotatable bonds is 3. The summed E-state index contributed by atoms with van der Waals surface area (Å²) in [5, 5.41) is 4.15. The molecule has 0 saturated carbocycles. The summed E-state index contributed by atoms with van der Waals surface area (Å²) in [6.45, 7) is 2.04. The van der Waals surface area contributed by atoms with E-state index in [0.717, 1.165) is 15.8 Å². The minimum Gasteiger partial charge on any atom is -0.302 e. The lowest BCUT2D eigenvalue weighted by Crippen LogP contribution is -2.14. The summed E-state index contributed by atoms with van der Waals surface area (Å²) in [5.74, 6) is -0.0758. The lowest BCUT2D eigenvalue weighted by molar-refractivity contribution is -0.115. The van der Waals surface area contributed by atoms with Gasteiger partial charge in [0.2, 0.25) is 5.91 Å². The molecule has 0 bridgehead atoms. The Morgan fingerprint density at radius 1 is 1.24 bits per heavy atom. The molecule has 0 unspecified atom stereocenters. The average molecular weight is 317 g/mol. The highest BCUT2D eigenvalue weighted by atomic mass is 35.5. The van der Waals surface area contributed by atoms with Gasteiger partial charge in [-0.05, 0) is 42.3 Å². The second-order valence-electron chi connectivity index (χ2n) is 4.84. The van der Waals surface area contributed by atoms with Crippen LogP contribution in [0, 0.1) is 6.92 Å². The van der Waals surface area contributed by atoms with Crippen molar-refractivity contribution >= 4 is 44.2 Å². The van der Waals surface area contributed by atoms with Gasteiger partial charge in [-0.2, -0.15) is 0 Å². The Labute approximate surface area is 131 Å². The molecule has 106 valence electrons. The number of aromatic nitrogens is 1. The maximum absolute atomic E-state index is 12.0. The Hall–Kier alpha value is -1.91. The molecule has 3 rings (SSSR count). The zero-order valence-corrected chi connectivity index (χ0v) is 13.0. The summed E-state index contributed by atoms with van der Waals surface area (Å²) in [7, 11) is 0. The molecule has 3 aromatic rings. The highest BCUT2D eigenvalue weighted by molar-refractivity contribution is 7.22. The van der Waals surface area contributed by atoms with Crippen molar-refractivity contribution in [1.29, 1.82) is 0 Å². The molecule has 0 aliphatic rings. The molecule has 2 aromatic carbocycles. The predicted octanol–water partition coefficient (Wildman–Crippen LogP) is 4.44. The molecular formula is C16H13ClN2OS. The van der Waals surface area contributed by atoms with Gasteiger partial charge in [0.05, 0.1) is 16.6 Å². The summed E-state index contributed by atoms with van der Waals surface area (Å²) in [6.07, 6.45) is 0.312. The molecule has 0 saturated heterocycles. The highest BCUT2D eigenvalue weighted by Crippen LogP contribution is 2.26. The second-order valence-corrected chi connectivity index (χ2v) is 6.31. The highest BCUT2D eigenvalue weighted by Gasteiger charge is 2.08. The Balaban J connectivity index is 1.72. The number of fused-ring (bicyclic) bond motifs is 1. The van der Waals surface area contributed by atoms with E-state index >= 15 is 0 Å². The number of halogens is 1. The summed E-state index contributed by atoms with van der Waals surface area (Å²) >= 11 is 7.32. The van der Waals surface area contributed by atoms with E-state index in [2.05, 4.69) is 16.4 Å². The van der Waals surface area contributed by atoms with E-state index in [-0.39, 0.29) is 5.91 Å². The third-order valence-electron chi connectivity index (χ3n) is 3.07. The fraction of sp³-hybridized carbons (Fsp3) is 0.125. The van der Waals surface area contributed by atoms with Gasteiger partial charge in [-0.25, -0.2) is 4.98 Å². The average Bonchev–Trinajstić information content (AvgIpc) is 2.82. The minimum absolute atomic E-state index is 0.0758. The van der Waals surface area contributed by atoms with E-state index in [4.69, 9.17) is 11.6 Å². The third-order valence-corrected chi connectivity index (χ3v) is 4.25. The lowest BCUT2D eigenvalue weighted by Gasteiger charge is -2.01. The quantitative estimate of drug-likeness (QED) is 0.776. The SMILES string of the molecule is Cc1ccc2nc(NC(=O)Cc3ccc(Cl)cc3)sc2c1. The standard InChI is InChI=1S/C16H13ClN2OS/c1-10-2-7-13-14(8-10)21-16(18-13)19-15(20)9-11-3-5-12(17)6-4-11/h2-8H,9H2,1H3,(H,18,19,20). The number of hydrogen-bond acceptors (Lipinski definition) is 3. The van der Waals surface area contributed by atoms with Gasteiger partial charge in [0, 0.05) is 5.02 Å². The Morgan fingerprint density at radius 3 is 2.76 bits per heavy atom. The van der Waals surface area contributed by atoms with E-state index in [1.807, 2.05) is 31.2 Å². The third kappa shape index (κ3) is 3.40. The van der Waals surface area contributed by atoms with Crippen LogP contribution in [-0.2, 0) is 11.2 Å². The number of nitrogens with zero attached hydrogens (tertiary/aromatic N) is 1. The van der Waals surface area contributed by atoms with Crippen molar-refractivity contribution in [2.75, 3.05) is 5.32 Å². The monoisotopic (exact) mass is 316 g/mol. The van der Waals surface area contributed by atoms with Crippen molar-refractivity contribution in [3.63, 3.8) is 0 Å².